The number of thiazole rings is 1. The number of carboxylic acids is 1. The summed E-state index contributed by atoms with van der Waals surface area (Å²) in [5, 5.41) is 12.1. The molecule has 0 aliphatic heterocycles. The number of pyridine rings is 1. The first kappa shape index (κ1) is 14.2. The number of halogens is 1. The van der Waals surface area contributed by atoms with Crippen LogP contribution < -0.4 is 0 Å². The molecule has 4 nitrogen and oxygen atoms in total. The minimum absolute atomic E-state index is 0.0421. The summed E-state index contributed by atoms with van der Waals surface area (Å²) >= 11 is 8.77. The number of hydrogen-bond donors (Lipinski definition) is 1. The van der Waals surface area contributed by atoms with Crippen molar-refractivity contribution in [3.63, 3.8) is 0 Å². The number of rotatable bonds is 4. The molecule has 0 aromatic carbocycles. The van der Waals surface area contributed by atoms with Crippen LogP contribution >= 0.6 is 34.3 Å². The molecule has 21 heavy (non-hydrogen) atoms. The molecule has 0 saturated heterocycles. The zero-order chi connectivity index (χ0) is 14.8. The highest BCUT2D eigenvalue weighted by molar-refractivity contribution is 7.16. The van der Waals surface area contributed by atoms with E-state index in [1.807, 2.05) is 23.6 Å². The van der Waals surface area contributed by atoms with Crippen LogP contribution in [0.25, 0.3) is 21.3 Å². The van der Waals surface area contributed by atoms with E-state index >= 15 is 0 Å². The fraction of sp³-hybridized carbons (Fsp3) is 0.0714. The lowest BCUT2D eigenvalue weighted by Crippen LogP contribution is -1.96. The van der Waals surface area contributed by atoms with Crippen LogP contribution in [-0.4, -0.2) is 21.0 Å². The molecule has 3 rings (SSSR count). The molecule has 0 radical (unpaired) electrons. The number of hydrogen-bond acceptors (Lipinski definition) is 5. The Morgan fingerprint density at radius 3 is 2.81 bits per heavy atom. The predicted molar refractivity (Wildman–Crippen MR) is 85.0 cm³/mol. The second-order valence-corrected chi connectivity index (χ2v) is 6.70. The Kier molecular flexibility index (Phi) is 4.01. The third-order valence-corrected chi connectivity index (χ3v) is 4.89. The fourth-order valence-electron chi connectivity index (χ4n) is 1.77. The summed E-state index contributed by atoms with van der Waals surface area (Å²) in [6, 6.07) is 7.33. The van der Waals surface area contributed by atoms with E-state index in [1.165, 1.54) is 22.7 Å². The van der Waals surface area contributed by atoms with E-state index in [4.69, 9.17) is 16.7 Å². The molecule has 3 aromatic heterocycles. The normalized spacial score (nSPS) is 10.7. The van der Waals surface area contributed by atoms with Gasteiger partial charge in [0.25, 0.3) is 0 Å². The van der Waals surface area contributed by atoms with Gasteiger partial charge in [-0.3, -0.25) is 9.78 Å². The first-order chi connectivity index (χ1) is 10.1. The molecule has 7 heteroatoms. The number of aliphatic carboxylic acids is 1. The predicted octanol–water partition coefficient (Wildman–Crippen LogP) is 4.21. The van der Waals surface area contributed by atoms with E-state index in [9.17, 15) is 4.79 Å². The quantitative estimate of drug-likeness (QED) is 0.775. The molecule has 3 heterocycles. The maximum absolute atomic E-state index is 10.7. The first-order valence-corrected chi connectivity index (χ1v) is 8.07. The van der Waals surface area contributed by atoms with E-state index in [1.54, 1.807) is 12.3 Å². The maximum atomic E-state index is 10.7. The van der Waals surface area contributed by atoms with Crippen LogP contribution in [0.15, 0.2) is 35.8 Å². The minimum Gasteiger partial charge on any atom is -0.481 e. The van der Waals surface area contributed by atoms with Gasteiger partial charge in [-0.25, -0.2) is 4.98 Å². The summed E-state index contributed by atoms with van der Waals surface area (Å²) in [6.07, 6.45) is 1.63. The molecule has 0 saturated carbocycles. The summed E-state index contributed by atoms with van der Waals surface area (Å²) in [4.78, 5) is 21.3. The van der Waals surface area contributed by atoms with Gasteiger partial charge in [-0.1, -0.05) is 11.6 Å². The maximum Gasteiger partial charge on any atom is 0.308 e. The summed E-state index contributed by atoms with van der Waals surface area (Å²) in [5.41, 5.74) is 1.62. The van der Waals surface area contributed by atoms with Gasteiger partial charge in [0, 0.05) is 16.5 Å². The van der Waals surface area contributed by atoms with Crippen LogP contribution in [0.1, 0.15) is 4.88 Å². The van der Waals surface area contributed by atoms with Crippen molar-refractivity contribution in [2.75, 3.05) is 0 Å². The Bertz CT molecular complexity index is 780. The zero-order valence-electron chi connectivity index (χ0n) is 10.6. The molecular weight excluding hydrogens is 328 g/mol. The van der Waals surface area contributed by atoms with Gasteiger partial charge in [0.15, 0.2) is 0 Å². The van der Waals surface area contributed by atoms with Crippen molar-refractivity contribution < 1.29 is 9.90 Å². The Balaban J connectivity index is 1.86. The topological polar surface area (TPSA) is 63.1 Å². The Labute approximate surface area is 133 Å². The first-order valence-electron chi connectivity index (χ1n) is 6.00. The van der Waals surface area contributed by atoms with Gasteiger partial charge in [0.1, 0.15) is 5.01 Å². The lowest BCUT2D eigenvalue weighted by molar-refractivity contribution is -0.136. The van der Waals surface area contributed by atoms with Gasteiger partial charge in [-0.15, -0.1) is 22.7 Å². The molecule has 1 N–H and O–H groups in total. The van der Waals surface area contributed by atoms with E-state index in [-0.39, 0.29) is 6.42 Å². The Hall–Kier alpha value is -1.76. The molecule has 0 fully saturated rings. The van der Waals surface area contributed by atoms with Crippen LogP contribution in [0.2, 0.25) is 5.02 Å². The summed E-state index contributed by atoms with van der Waals surface area (Å²) < 4.78 is 0. The summed E-state index contributed by atoms with van der Waals surface area (Å²) in [6.45, 7) is 0. The van der Waals surface area contributed by atoms with Gasteiger partial charge in [-0.05, 0) is 24.3 Å². The molecule has 0 aliphatic rings. The average molecular weight is 337 g/mol. The number of nitrogens with zero attached hydrogens (tertiary/aromatic N) is 2. The van der Waals surface area contributed by atoms with Crippen LogP contribution in [0, 0.1) is 0 Å². The molecule has 3 aromatic rings. The standard InChI is InChI=1S/C14H9ClN2O2S2/c15-8-1-3-10(16-6-8)14-17-11(7-20-14)12-4-2-9(21-12)5-13(18)19/h1-4,6-7H,5H2,(H,18,19). The minimum atomic E-state index is -0.826. The molecule has 0 unspecified atom stereocenters. The number of carbonyl (C=O) groups is 1. The van der Waals surface area contributed by atoms with Crippen LogP contribution in [0.5, 0.6) is 0 Å². The average Bonchev–Trinajstić information content (AvgIpc) is 3.07. The van der Waals surface area contributed by atoms with E-state index < -0.39 is 5.97 Å². The van der Waals surface area contributed by atoms with Gasteiger partial charge >= 0.3 is 5.97 Å². The highest BCUT2D eigenvalue weighted by Gasteiger charge is 2.11. The molecule has 0 atom stereocenters. The molecule has 0 amide bonds. The van der Waals surface area contributed by atoms with Crippen molar-refractivity contribution in [1.82, 2.24) is 9.97 Å². The highest BCUT2D eigenvalue weighted by Crippen LogP contribution is 2.32. The van der Waals surface area contributed by atoms with Crippen molar-refractivity contribution in [1.29, 1.82) is 0 Å². The Morgan fingerprint density at radius 1 is 1.24 bits per heavy atom. The van der Waals surface area contributed by atoms with Gasteiger partial charge in [-0.2, -0.15) is 0 Å². The summed E-state index contributed by atoms with van der Waals surface area (Å²) in [5.74, 6) is -0.826. The van der Waals surface area contributed by atoms with Crippen molar-refractivity contribution in [3.05, 3.63) is 45.7 Å². The molecule has 0 spiro atoms. The van der Waals surface area contributed by atoms with Crippen molar-refractivity contribution in [3.8, 4) is 21.3 Å². The third kappa shape index (κ3) is 3.29. The molecule has 0 bridgehead atoms. The lowest BCUT2D eigenvalue weighted by Gasteiger charge is -1.94. The fourth-order valence-corrected chi connectivity index (χ4v) is 3.71. The number of carboxylic acid groups (broad SMARTS) is 1. The van der Waals surface area contributed by atoms with E-state index in [0.29, 0.717) is 5.02 Å². The monoisotopic (exact) mass is 336 g/mol. The largest absolute Gasteiger partial charge is 0.481 e. The van der Waals surface area contributed by atoms with Crippen molar-refractivity contribution in [2.45, 2.75) is 6.42 Å². The molecule has 106 valence electrons. The van der Waals surface area contributed by atoms with E-state index in [0.717, 1.165) is 26.1 Å². The highest BCUT2D eigenvalue weighted by atomic mass is 35.5. The lowest BCUT2D eigenvalue weighted by atomic mass is 10.3. The third-order valence-electron chi connectivity index (χ3n) is 2.69. The number of aromatic nitrogens is 2. The van der Waals surface area contributed by atoms with Crippen LogP contribution in [0.4, 0.5) is 0 Å². The van der Waals surface area contributed by atoms with Crippen molar-refractivity contribution >= 4 is 40.2 Å². The van der Waals surface area contributed by atoms with Gasteiger partial charge in [0.05, 0.1) is 27.7 Å². The second-order valence-electron chi connectivity index (χ2n) is 4.24. The Morgan fingerprint density at radius 2 is 2.10 bits per heavy atom. The van der Waals surface area contributed by atoms with Gasteiger partial charge < -0.3 is 5.11 Å². The second kappa shape index (κ2) is 5.93. The SMILES string of the molecule is O=C(O)Cc1ccc(-c2csc(-c3ccc(Cl)cn3)n2)s1. The van der Waals surface area contributed by atoms with E-state index in [2.05, 4.69) is 9.97 Å². The van der Waals surface area contributed by atoms with Crippen LogP contribution in [-0.2, 0) is 11.2 Å². The zero-order valence-corrected chi connectivity index (χ0v) is 13.0. The van der Waals surface area contributed by atoms with Gasteiger partial charge in [0.2, 0.25) is 0 Å². The van der Waals surface area contributed by atoms with Crippen molar-refractivity contribution in [2.24, 2.45) is 0 Å². The molecule has 0 aliphatic carbocycles. The number of thiophene rings is 1. The summed E-state index contributed by atoms with van der Waals surface area (Å²) in [7, 11) is 0. The van der Waals surface area contributed by atoms with Crippen LogP contribution in [0.3, 0.4) is 0 Å². The smallest absolute Gasteiger partial charge is 0.308 e. The molecular formula is C14H9ClN2O2S2.